The highest BCUT2D eigenvalue weighted by molar-refractivity contribution is 5.87. The summed E-state index contributed by atoms with van der Waals surface area (Å²) < 4.78 is 0. The van der Waals surface area contributed by atoms with Gasteiger partial charge in [-0.25, -0.2) is 0 Å². The summed E-state index contributed by atoms with van der Waals surface area (Å²) in [5.41, 5.74) is 5.39. The van der Waals surface area contributed by atoms with Crippen LogP contribution in [0.3, 0.4) is 0 Å². The van der Waals surface area contributed by atoms with Crippen LogP contribution in [-0.4, -0.2) is 0 Å². The number of fused-ring (bicyclic) bond motifs is 1. The van der Waals surface area contributed by atoms with Crippen molar-refractivity contribution in [3.8, 4) is 11.1 Å². The summed E-state index contributed by atoms with van der Waals surface area (Å²) in [6, 6.07) is 22.5. The normalized spacial score (nSPS) is 11.4. The standard InChI is InChI=1S/C23H24/c1-3-5-6-7-19-9-11-20(12-10-19)22-15-14-21-16-18(4-2)8-13-23(21)17-22/h3,5,8-17H,4,6-7H2,1-2H3/b5-3+. The summed E-state index contributed by atoms with van der Waals surface area (Å²) in [5, 5.41) is 2.65. The zero-order valence-corrected chi connectivity index (χ0v) is 14.0. The SMILES string of the molecule is C/C=C/CCc1ccc(-c2ccc3cc(CC)ccc3c2)cc1. The second-order valence-electron chi connectivity index (χ2n) is 6.05. The molecule has 0 spiro atoms. The van der Waals surface area contributed by atoms with E-state index in [1.807, 2.05) is 0 Å². The van der Waals surface area contributed by atoms with Crippen molar-refractivity contribution in [2.75, 3.05) is 0 Å². The van der Waals surface area contributed by atoms with E-state index >= 15 is 0 Å². The Hall–Kier alpha value is -2.34. The van der Waals surface area contributed by atoms with Crippen molar-refractivity contribution >= 4 is 10.8 Å². The Bertz CT molecular complexity index is 807. The first kappa shape index (κ1) is 15.6. The predicted molar refractivity (Wildman–Crippen MR) is 102 cm³/mol. The van der Waals surface area contributed by atoms with Crippen LogP contribution in [-0.2, 0) is 12.8 Å². The van der Waals surface area contributed by atoms with Gasteiger partial charge in [-0.15, -0.1) is 0 Å². The van der Waals surface area contributed by atoms with Gasteiger partial charge in [-0.05, 0) is 65.3 Å². The number of hydrogen-bond acceptors (Lipinski definition) is 0. The molecular formula is C23H24. The lowest BCUT2D eigenvalue weighted by molar-refractivity contribution is 1.000. The topological polar surface area (TPSA) is 0 Å². The molecule has 0 nitrogen and oxygen atoms in total. The summed E-state index contributed by atoms with van der Waals surface area (Å²) in [6.45, 7) is 4.28. The third-order valence-corrected chi connectivity index (χ3v) is 4.44. The highest BCUT2D eigenvalue weighted by Gasteiger charge is 2.01. The molecule has 116 valence electrons. The summed E-state index contributed by atoms with van der Waals surface area (Å²) in [7, 11) is 0. The van der Waals surface area contributed by atoms with Gasteiger partial charge >= 0.3 is 0 Å². The molecule has 0 N–H and O–H groups in total. The van der Waals surface area contributed by atoms with Crippen LogP contribution in [0.1, 0.15) is 31.4 Å². The fourth-order valence-corrected chi connectivity index (χ4v) is 2.98. The van der Waals surface area contributed by atoms with E-state index < -0.39 is 0 Å². The fraction of sp³-hybridized carbons (Fsp3) is 0.217. The molecule has 0 aliphatic heterocycles. The minimum Gasteiger partial charge on any atom is -0.0917 e. The van der Waals surface area contributed by atoms with Gasteiger partial charge in [0.1, 0.15) is 0 Å². The molecule has 3 aromatic carbocycles. The van der Waals surface area contributed by atoms with Crippen molar-refractivity contribution in [2.45, 2.75) is 33.1 Å². The molecule has 23 heavy (non-hydrogen) atoms. The number of hydrogen-bond donors (Lipinski definition) is 0. The van der Waals surface area contributed by atoms with E-state index in [0.717, 1.165) is 19.3 Å². The van der Waals surface area contributed by atoms with Crippen molar-refractivity contribution in [1.82, 2.24) is 0 Å². The number of aryl methyl sites for hydroxylation is 2. The Balaban J connectivity index is 1.84. The van der Waals surface area contributed by atoms with E-state index in [0.29, 0.717) is 0 Å². The minimum atomic E-state index is 1.09. The van der Waals surface area contributed by atoms with Gasteiger partial charge in [0.15, 0.2) is 0 Å². The minimum absolute atomic E-state index is 1.09. The van der Waals surface area contributed by atoms with Gasteiger partial charge in [0.2, 0.25) is 0 Å². The van der Waals surface area contributed by atoms with Crippen LogP contribution < -0.4 is 0 Å². The van der Waals surface area contributed by atoms with Crippen molar-refractivity contribution in [3.63, 3.8) is 0 Å². The maximum atomic E-state index is 2.30. The first-order valence-electron chi connectivity index (χ1n) is 8.53. The first-order valence-corrected chi connectivity index (χ1v) is 8.53. The second kappa shape index (κ2) is 7.28. The van der Waals surface area contributed by atoms with Crippen LogP contribution in [0.4, 0.5) is 0 Å². The fourth-order valence-electron chi connectivity index (χ4n) is 2.98. The lowest BCUT2D eigenvalue weighted by atomic mass is 9.98. The van der Waals surface area contributed by atoms with Gasteiger partial charge < -0.3 is 0 Å². The number of benzene rings is 3. The largest absolute Gasteiger partial charge is 0.0917 e. The van der Waals surface area contributed by atoms with Gasteiger partial charge in [0, 0.05) is 0 Å². The highest BCUT2D eigenvalue weighted by Crippen LogP contribution is 2.26. The summed E-state index contributed by atoms with van der Waals surface area (Å²) in [5.74, 6) is 0. The molecule has 0 saturated carbocycles. The summed E-state index contributed by atoms with van der Waals surface area (Å²) in [6.07, 6.45) is 7.66. The molecular weight excluding hydrogens is 276 g/mol. The Kier molecular flexibility index (Phi) is 4.92. The molecule has 0 saturated heterocycles. The Morgan fingerprint density at radius 3 is 2.13 bits per heavy atom. The summed E-state index contributed by atoms with van der Waals surface area (Å²) in [4.78, 5) is 0. The van der Waals surface area contributed by atoms with E-state index in [-0.39, 0.29) is 0 Å². The smallest absolute Gasteiger partial charge is 0.0178 e. The zero-order chi connectivity index (χ0) is 16.1. The molecule has 0 heteroatoms. The third kappa shape index (κ3) is 3.71. The second-order valence-corrected chi connectivity index (χ2v) is 6.05. The zero-order valence-electron chi connectivity index (χ0n) is 14.0. The molecule has 0 aliphatic carbocycles. The van der Waals surface area contributed by atoms with Gasteiger partial charge in [-0.1, -0.05) is 73.7 Å². The van der Waals surface area contributed by atoms with Gasteiger partial charge in [0.25, 0.3) is 0 Å². The molecule has 0 fully saturated rings. The highest BCUT2D eigenvalue weighted by atomic mass is 14.1. The van der Waals surface area contributed by atoms with Gasteiger partial charge in [-0.2, -0.15) is 0 Å². The predicted octanol–water partition coefficient (Wildman–Crippen LogP) is 6.58. The number of rotatable bonds is 5. The van der Waals surface area contributed by atoms with E-state index in [1.165, 1.54) is 33.0 Å². The maximum absolute atomic E-state index is 2.30. The third-order valence-electron chi connectivity index (χ3n) is 4.44. The van der Waals surface area contributed by atoms with Crippen LogP contribution in [0, 0.1) is 0 Å². The molecule has 0 bridgehead atoms. The van der Waals surface area contributed by atoms with Crippen molar-refractivity contribution in [1.29, 1.82) is 0 Å². The quantitative estimate of drug-likeness (QED) is 0.467. The van der Waals surface area contributed by atoms with Crippen LogP contribution in [0.5, 0.6) is 0 Å². The molecule has 0 aliphatic rings. The van der Waals surface area contributed by atoms with E-state index in [1.54, 1.807) is 0 Å². The Morgan fingerprint density at radius 1 is 0.739 bits per heavy atom. The molecule has 0 radical (unpaired) electrons. The Morgan fingerprint density at radius 2 is 1.39 bits per heavy atom. The maximum Gasteiger partial charge on any atom is -0.0178 e. The van der Waals surface area contributed by atoms with E-state index in [9.17, 15) is 0 Å². The van der Waals surface area contributed by atoms with Crippen molar-refractivity contribution in [2.24, 2.45) is 0 Å². The molecule has 0 atom stereocenters. The summed E-state index contributed by atoms with van der Waals surface area (Å²) >= 11 is 0. The molecule has 0 aromatic heterocycles. The Labute approximate surface area is 139 Å². The van der Waals surface area contributed by atoms with Gasteiger partial charge in [0.05, 0.1) is 0 Å². The lowest BCUT2D eigenvalue weighted by Gasteiger charge is -2.07. The van der Waals surface area contributed by atoms with Crippen LogP contribution in [0.15, 0.2) is 72.8 Å². The molecule has 0 unspecified atom stereocenters. The monoisotopic (exact) mass is 300 g/mol. The van der Waals surface area contributed by atoms with Crippen molar-refractivity contribution in [3.05, 3.63) is 83.9 Å². The van der Waals surface area contributed by atoms with E-state index in [4.69, 9.17) is 0 Å². The average molecular weight is 300 g/mol. The lowest BCUT2D eigenvalue weighted by Crippen LogP contribution is -1.85. The van der Waals surface area contributed by atoms with E-state index in [2.05, 4.69) is 86.7 Å². The molecule has 3 aromatic rings. The number of allylic oxidation sites excluding steroid dienone is 2. The molecule has 0 heterocycles. The first-order chi connectivity index (χ1) is 11.3. The average Bonchev–Trinajstić information content (AvgIpc) is 2.61. The molecule has 0 amide bonds. The van der Waals surface area contributed by atoms with Gasteiger partial charge in [-0.3, -0.25) is 0 Å². The molecule has 3 rings (SSSR count). The van der Waals surface area contributed by atoms with Crippen LogP contribution in [0.2, 0.25) is 0 Å². The van der Waals surface area contributed by atoms with Crippen LogP contribution >= 0.6 is 0 Å². The van der Waals surface area contributed by atoms with Crippen molar-refractivity contribution < 1.29 is 0 Å². The van der Waals surface area contributed by atoms with Crippen LogP contribution in [0.25, 0.3) is 21.9 Å².